The summed E-state index contributed by atoms with van der Waals surface area (Å²) >= 11 is 0. The fraction of sp³-hybridized carbons (Fsp3) is 0.200. The lowest BCUT2D eigenvalue weighted by molar-refractivity contribution is -0.137. The van der Waals surface area contributed by atoms with E-state index >= 15 is 0 Å². The Kier molecular flexibility index (Phi) is 3.72. The van der Waals surface area contributed by atoms with Crippen molar-refractivity contribution in [2.75, 3.05) is 6.61 Å². The van der Waals surface area contributed by atoms with Crippen molar-refractivity contribution in [2.24, 2.45) is 0 Å². The van der Waals surface area contributed by atoms with Crippen LogP contribution in [0.3, 0.4) is 0 Å². The molecule has 92 valence electrons. The number of carbonyl (C=O) groups is 1. The van der Waals surface area contributed by atoms with E-state index < -0.39 is 0 Å². The van der Waals surface area contributed by atoms with Crippen molar-refractivity contribution < 1.29 is 9.53 Å². The summed E-state index contributed by atoms with van der Waals surface area (Å²) in [5.74, 6) is -0.331. The van der Waals surface area contributed by atoms with E-state index in [0.29, 0.717) is 6.61 Å². The Bertz CT molecular complexity index is 602. The number of ether oxygens (including phenoxy) is 1. The Labute approximate surface area is 106 Å². The lowest BCUT2D eigenvalue weighted by atomic mass is 10.1. The summed E-state index contributed by atoms with van der Waals surface area (Å²) in [6.45, 7) is 4.12. The first-order valence-electron chi connectivity index (χ1n) is 5.92. The topological polar surface area (TPSA) is 39.2 Å². The fourth-order valence-corrected chi connectivity index (χ4v) is 1.75. The van der Waals surface area contributed by atoms with E-state index in [2.05, 4.69) is 4.98 Å². The highest BCUT2D eigenvalue weighted by Crippen LogP contribution is 2.18. The fourth-order valence-electron chi connectivity index (χ4n) is 1.75. The predicted molar refractivity (Wildman–Crippen MR) is 72.1 cm³/mol. The molecule has 0 bridgehead atoms. The molecule has 2 rings (SSSR count). The van der Waals surface area contributed by atoms with Gasteiger partial charge in [0.1, 0.15) is 0 Å². The minimum atomic E-state index is -0.331. The van der Waals surface area contributed by atoms with Crippen LogP contribution in [0.25, 0.3) is 17.0 Å². The number of aromatic nitrogens is 1. The van der Waals surface area contributed by atoms with Gasteiger partial charge in [0.2, 0.25) is 0 Å². The van der Waals surface area contributed by atoms with Crippen LogP contribution in [-0.2, 0) is 9.53 Å². The number of benzene rings is 1. The number of carbonyl (C=O) groups excluding carboxylic acids is 1. The summed E-state index contributed by atoms with van der Waals surface area (Å²) in [5, 5.41) is 1.06. The van der Waals surface area contributed by atoms with Gasteiger partial charge in [0.15, 0.2) is 0 Å². The monoisotopic (exact) mass is 241 g/mol. The van der Waals surface area contributed by atoms with Gasteiger partial charge < -0.3 is 4.74 Å². The number of para-hydroxylation sites is 1. The van der Waals surface area contributed by atoms with Gasteiger partial charge in [0.25, 0.3) is 0 Å². The Balaban J connectivity index is 2.38. The van der Waals surface area contributed by atoms with E-state index in [9.17, 15) is 4.79 Å². The Morgan fingerprint density at radius 1 is 1.33 bits per heavy atom. The highest BCUT2D eigenvalue weighted by atomic mass is 16.5. The van der Waals surface area contributed by atoms with Gasteiger partial charge in [-0.3, -0.25) is 4.98 Å². The first kappa shape index (κ1) is 12.3. The summed E-state index contributed by atoms with van der Waals surface area (Å²) in [4.78, 5) is 15.8. The van der Waals surface area contributed by atoms with Crippen LogP contribution in [-0.4, -0.2) is 17.6 Å². The summed E-state index contributed by atoms with van der Waals surface area (Å²) in [5.41, 5.74) is 2.78. The van der Waals surface area contributed by atoms with Crippen molar-refractivity contribution in [3.8, 4) is 0 Å². The van der Waals surface area contributed by atoms with Gasteiger partial charge in [-0.1, -0.05) is 24.3 Å². The molecule has 1 aromatic carbocycles. The standard InChI is InChI=1S/C15H15NO2/c1-3-18-14(17)10-9-13-6-4-5-12-8-7-11(2)16-15(12)13/h4-10H,3H2,1-2H3/b10-9+. The highest BCUT2D eigenvalue weighted by molar-refractivity contribution is 5.92. The maximum Gasteiger partial charge on any atom is 0.330 e. The summed E-state index contributed by atoms with van der Waals surface area (Å²) in [6, 6.07) is 9.89. The minimum Gasteiger partial charge on any atom is -0.463 e. The van der Waals surface area contributed by atoms with Crippen LogP contribution in [0, 0.1) is 6.92 Å². The SMILES string of the molecule is CCOC(=O)/C=C/c1cccc2ccc(C)nc12. The van der Waals surface area contributed by atoms with Crippen molar-refractivity contribution >= 4 is 22.9 Å². The molecule has 0 aliphatic carbocycles. The minimum absolute atomic E-state index is 0.331. The maximum absolute atomic E-state index is 11.3. The lowest BCUT2D eigenvalue weighted by Crippen LogP contribution is -1.98. The number of rotatable bonds is 3. The molecule has 0 spiro atoms. The average molecular weight is 241 g/mol. The molecule has 0 saturated carbocycles. The van der Waals surface area contributed by atoms with Crippen LogP contribution in [0.4, 0.5) is 0 Å². The molecule has 3 heteroatoms. The van der Waals surface area contributed by atoms with Gasteiger partial charge in [-0.15, -0.1) is 0 Å². The first-order valence-corrected chi connectivity index (χ1v) is 5.92. The average Bonchev–Trinajstić information content (AvgIpc) is 2.36. The Hall–Kier alpha value is -2.16. The molecule has 18 heavy (non-hydrogen) atoms. The van der Waals surface area contributed by atoms with Crippen molar-refractivity contribution in [3.63, 3.8) is 0 Å². The van der Waals surface area contributed by atoms with Gasteiger partial charge in [-0.2, -0.15) is 0 Å². The molecular weight excluding hydrogens is 226 g/mol. The summed E-state index contributed by atoms with van der Waals surface area (Å²) in [7, 11) is 0. The number of hydrogen-bond acceptors (Lipinski definition) is 3. The van der Waals surface area contributed by atoms with Gasteiger partial charge in [-0.05, 0) is 26.0 Å². The molecule has 1 aromatic heterocycles. The lowest BCUT2D eigenvalue weighted by Gasteiger charge is -2.02. The third kappa shape index (κ3) is 2.74. The molecule has 0 saturated heterocycles. The van der Waals surface area contributed by atoms with Crippen LogP contribution in [0.15, 0.2) is 36.4 Å². The summed E-state index contributed by atoms with van der Waals surface area (Å²) < 4.78 is 4.85. The summed E-state index contributed by atoms with van der Waals surface area (Å²) in [6.07, 6.45) is 3.18. The van der Waals surface area contributed by atoms with Gasteiger partial charge in [0, 0.05) is 22.7 Å². The van der Waals surface area contributed by atoms with E-state index in [0.717, 1.165) is 22.2 Å². The molecule has 3 nitrogen and oxygen atoms in total. The van der Waals surface area contributed by atoms with E-state index in [1.54, 1.807) is 13.0 Å². The second-order valence-electron chi connectivity index (χ2n) is 3.96. The number of esters is 1. The van der Waals surface area contributed by atoms with E-state index in [1.165, 1.54) is 6.08 Å². The van der Waals surface area contributed by atoms with Crippen molar-refractivity contribution in [1.29, 1.82) is 0 Å². The van der Waals surface area contributed by atoms with Gasteiger partial charge in [0.05, 0.1) is 12.1 Å². The van der Waals surface area contributed by atoms with Gasteiger partial charge >= 0.3 is 5.97 Å². The van der Waals surface area contributed by atoms with E-state index in [4.69, 9.17) is 4.74 Å². The smallest absolute Gasteiger partial charge is 0.330 e. The van der Waals surface area contributed by atoms with Crippen molar-refractivity contribution in [3.05, 3.63) is 47.7 Å². The maximum atomic E-state index is 11.3. The van der Waals surface area contributed by atoms with E-state index in [-0.39, 0.29) is 5.97 Å². The Morgan fingerprint density at radius 2 is 2.17 bits per heavy atom. The molecule has 1 heterocycles. The molecule has 0 amide bonds. The number of hydrogen-bond donors (Lipinski definition) is 0. The zero-order valence-electron chi connectivity index (χ0n) is 10.5. The Morgan fingerprint density at radius 3 is 2.94 bits per heavy atom. The number of pyridine rings is 1. The third-order valence-corrected chi connectivity index (χ3v) is 2.58. The molecule has 0 atom stereocenters. The number of aryl methyl sites for hydroxylation is 1. The van der Waals surface area contributed by atoms with E-state index in [1.807, 2.05) is 37.3 Å². The number of nitrogens with zero attached hydrogens (tertiary/aromatic N) is 1. The normalized spacial score (nSPS) is 11.0. The molecule has 0 aliphatic rings. The largest absolute Gasteiger partial charge is 0.463 e. The molecule has 0 fully saturated rings. The number of fused-ring (bicyclic) bond motifs is 1. The van der Waals surface area contributed by atoms with Crippen LogP contribution in [0.1, 0.15) is 18.2 Å². The quantitative estimate of drug-likeness (QED) is 0.612. The highest BCUT2D eigenvalue weighted by Gasteiger charge is 2.01. The second kappa shape index (κ2) is 5.45. The molecule has 0 radical (unpaired) electrons. The van der Waals surface area contributed by atoms with Gasteiger partial charge in [-0.25, -0.2) is 4.79 Å². The molecular formula is C15H15NO2. The molecule has 0 unspecified atom stereocenters. The predicted octanol–water partition coefficient (Wildman–Crippen LogP) is 3.12. The van der Waals surface area contributed by atoms with Crippen LogP contribution < -0.4 is 0 Å². The zero-order valence-corrected chi connectivity index (χ0v) is 10.5. The second-order valence-corrected chi connectivity index (χ2v) is 3.96. The van der Waals surface area contributed by atoms with Crippen LogP contribution in [0.5, 0.6) is 0 Å². The van der Waals surface area contributed by atoms with Crippen LogP contribution >= 0.6 is 0 Å². The van der Waals surface area contributed by atoms with Crippen LogP contribution in [0.2, 0.25) is 0 Å². The van der Waals surface area contributed by atoms with Crippen molar-refractivity contribution in [2.45, 2.75) is 13.8 Å². The first-order chi connectivity index (χ1) is 8.70. The van der Waals surface area contributed by atoms with Crippen molar-refractivity contribution in [1.82, 2.24) is 4.98 Å². The third-order valence-electron chi connectivity index (χ3n) is 2.58. The molecule has 0 aliphatic heterocycles. The molecule has 0 N–H and O–H groups in total. The molecule has 2 aromatic rings. The zero-order chi connectivity index (χ0) is 13.0.